The van der Waals surface area contributed by atoms with Gasteiger partial charge in [0.05, 0.1) is 16.8 Å². The molecule has 1 heterocycles. The number of halogens is 2. The number of rotatable bonds is 8. The van der Waals surface area contributed by atoms with Crippen molar-refractivity contribution in [1.29, 1.82) is 0 Å². The zero-order valence-electron chi connectivity index (χ0n) is 16.6. The largest absolute Gasteiger partial charge is 0.494 e. The van der Waals surface area contributed by atoms with E-state index in [4.69, 9.17) is 4.74 Å². The first-order valence-electron chi connectivity index (χ1n) is 9.34. The molecule has 0 spiro atoms. The predicted molar refractivity (Wildman–Crippen MR) is 112 cm³/mol. The fourth-order valence-corrected chi connectivity index (χ4v) is 3.95. The number of carbonyl (C=O) groups excluding carboxylic acids is 1. The molecule has 5 nitrogen and oxygen atoms in total. The average Bonchev–Trinajstić information content (AvgIpc) is 3.08. The molecular formula is C21H23F2N3O2S. The van der Waals surface area contributed by atoms with Crippen LogP contribution < -0.4 is 9.64 Å². The smallest absolute Gasteiger partial charge is 0.266 e. The van der Waals surface area contributed by atoms with Gasteiger partial charge in [0.1, 0.15) is 22.9 Å². The summed E-state index contributed by atoms with van der Waals surface area (Å²) in [6, 6.07) is 8.88. The molecule has 0 saturated carbocycles. The van der Waals surface area contributed by atoms with Crippen molar-refractivity contribution in [2.24, 2.45) is 0 Å². The van der Waals surface area contributed by atoms with Crippen LogP contribution in [0.1, 0.15) is 23.7 Å². The van der Waals surface area contributed by atoms with Crippen molar-refractivity contribution >= 4 is 32.6 Å². The van der Waals surface area contributed by atoms with Crippen molar-refractivity contribution in [3.8, 4) is 5.75 Å². The molecule has 0 atom stereocenters. The predicted octanol–water partition coefficient (Wildman–Crippen LogP) is 4.57. The summed E-state index contributed by atoms with van der Waals surface area (Å²) in [5.74, 6) is -1.79. The Labute approximate surface area is 172 Å². The molecule has 0 unspecified atom stereocenters. The number of nitrogens with zero attached hydrogens (tertiary/aromatic N) is 3. The molecule has 8 heteroatoms. The minimum Gasteiger partial charge on any atom is -0.494 e. The molecule has 1 amide bonds. The summed E-state index contributed by atoms with van der Waals surface area (Å²) in [4.78, 5) is 21.0. The number of benzene rings is 2. The molecule has 0 radical (unpaired) electrons. The van der Waals surface area contributed by atoms with Crippen LogP contribution in [0, 0.1) is 11.6 Å². The minimum atomic E-state index is -0.882. The van der Waals surface area contributed by atoms with Crippen LogP contribution in [0.15, 0.2) is 36.4 Å². The van der Waals surface area contributed by atoms with Gasteiger partial charge in [0.25, 0.3) is 5.91 Å². The highest BCUT2D eigenvalue weighted by Crippen LogP contribution is 2.33. The molecule has 29 heavy (non-hydrogen) atoms. The van der Waals surface area contributed by atoms with E-state index in [0.29, 0.717) is 36.0 Å². The maximum absolute atomic E-state index is 14.2. The summed E-state index contributed by atoms with van der Waals surface area (Å²) >= 11 is 1.29. The number of hydrogen-bond donors (Lipinski definition) is 0. The molecule has 3 aromatic rings. The van der Waals surface area contributed by atoms with Gasteiger partial charge in [-0.2, -0.15) is 0 Å². The molecule has 0 saturated heterocycles. The first-order chi connectivity index (χ1) is 13.9. The highest BCUT2D eigenvalue weighted by atomic mass is 32.1. The third kappa shape index (κ3) is 4.89. The topological polar surface area (TPSA) is 45.7 Å². The summed E-state index contributed by atoms with van der Waals surface area (Å²) < 4.78 is 34.8. The summed E-state index contributed by atoms with van der Waals surface area (Å²) in [5, 5.41) is 0.403. The van der Waals surface area contributed by atoms with Gasteiger partial charge >= 0.3 is 0 Å². The van der Waals surface area contributed by atoms with Gasteiger partial charge in [-0.25, -0.2) is 13.8 Å². The monoisotopic (exact) mass is 419 g/mol. The lowest BCUT2D eigenvalue weighted by Gasteiger charge is -2.21. The van der Waals surface area contributed by atoms with Gasteiger partial charge in [0, 0.05) is 6.54 Å². The number of fused-ring (bicyclic) bond motifs is 1. The number of aromatic nitrogens is 1. The van der Waals surface area contributed by atoms with E-state index in [1.165, 1.54) is 22.3 Å². The molecule has 0 N–H and O–H groups in total. The molecule has 3 rings (SSSR count). The highest BCUT2D eigenvalue weighted by molar-refractivity contribution is 7.22. The summed E-state index contributed by atoms with van der Waals surface area (Å²) in [6.45, 7) is 3.46. The summed E-state index contributed by atoms with van der Waals surface area (Å²) in [6.07, 6.45) is 0.634. The SMILES string of the molecule is CCOc1ccc2nc(N(CCCN(C)C)C(=O)c3c(F)cccc3F)sc2c1. The van der Waals surface area contributed by atoms with Crippen molar-refractivity contribution < 1.29 is 18.3 Å². The van der Waals surface area contributed by atoms with Crippen molar-refractivity contribution in [3.05, 3.63) is 53.6 Å². The van der Waals surface area contributed by atoms with Crippen LogP contribution in [-0.2, 0) is 0 Å². The number of ether oxygens (including phenoxy) is 1. The lowest BCUT2D eigenvalue weighted by atomic mass is 10.1. The Morgan fingerprint density at radius 2 is 1.86 bits per heavy atom. The molecule has 2 aromatic carbocycles. The van der Waals surface area contributed by atoms with Crippen LogP contribution in [-0.4, -0.2) is 49.6 Å². The first kappa shape index (κ1) is 21.1. The van der Waals surface area contributed by atoms with Gasteiger partial charge in [-0.3, -0.25) is 9.69 Å². The van der Waals surface area contributed by atoms with E-state index in [1.807, 2.05) is 44.1 Å². The number of thiazole rings is 1. The minimum absolute atomic E-state index is 0.295. The second-order valence-electron chi connectivity index (χ2n) is 6.77. The lowest BCUT2D eigenvalue weighted by Crippen LogP contribution is -2.34. The molecule has 0 aliphatic rings. The molecular weight excluding hydrogens is 396 g/mol. The third-order valence-electron chi connectivity index (χ3n) is 4.30. The molecule has 1 aromatic heterocycles. The number of amides is 1. The Hall–Kier alpha value is -2.58. The van der Waals surface area contributed by atoms with Crippen LogP contribution in [0.5, 0.6) is 5.75 Å². The van der Waals surface area contributed by atoms with Crippen LogP contribution in [0.4, 0.5) is 13.9 Å². The van der Waals surface area contributed by atoms with Gasteiger partial charge in [-0.1, -0.05) is 17.4 Å². The van der Waals surface area contributed by atoms with Gasteiger partial charge < -0.3 is 9.64 Å². The normalized spacial score (nSPS) is 11.2. The van der Waals surface area contributed by atoms with E-state index < -0.39 is 23.1 Å². The van der Waals surface area contributed by atoms with Crippen molar-refractivity contribution in [3.63, 3.8) is 0 Å². The van der Waals surface area contributed by atoms with Gasteiger partial charge in [0.2, 0.25) is 0 Å². The fraction of sp³-hybridized carbons (Fsp3) is 0.333. The molecule has 154 valence electrons. The summed E-state index contributed by atoms with van der Waals surface area (Å²) in [5.41, 5.74) is 0.138. The maximum atomic E-state index is 14.2. The standard InChI is InChI=1S/C21H23F2N3O2S/c1-4-28-14-9-10-17-18(13-14)29-21(24-17)26(12-6-11-25(2)3)20(27)19-15(22)7-5-8-16(19)23/h5,7-10,13H,4,6,11-12H2,1-3H3. The van der Waals surface area contributed by atoms with E-state index >= 15 is 0 Å². The molecule has 0 fully saturated rings. The zero-order chi connectivity index (χ0) is 21.0. The van der Waals surface area contributed by atoms with E-state index in [1.54, 1.807) is 0 Å². The Bertz CT molecular complexity index is 987. The van der Waals surface area contributed by atoms with E-state index in [9.17, 15) is 13.6 Å². The van der Waals surface area contributed by atoms with Crippen molar-refractivity contribution in [2.45, 2.75) is 13.3 Å². The number of carbonyl (C=O) groups is 1. The number of anilines is 1. The van der Waals surface area contributed by atoms with E-state index in [0.717, 1.165) is 23.4 Å². The zero-order valence-corrected chi connectivity index (χ0v) is 17.4. The average molecular weight is 419 g/mol. The van der Waals surface area contributed by atoms with Crippen LogP contribution in [0.3, 0.4) is 0 Å². The first-order valence-corrected chi connectivity index (χ1v) is 10.2. The second-order valence-corrected chi connectivity index (χ2v) is 7.78. The lowest BCUT2D eigenvalue weighted by molar-refractivity contribution is 0.0978. The maximum Gasteiger partial charge on any atom is 0.266 e. The van der Waals surface area contributed by atoms with Crippen LogP contribution >= 0.6 is 11.3 Å². The number of hydrogen-bond acceptors (Lipinski definition) is 5. The second kappa shape index (κ2) is 9.28. The van der Waals surface area contributed by atoms with Crippen molar-refractivity contribution in [2.75, 3.05) is 38.7 Å². The Kier molecular flexibility index (Phi) is 6.76. The Morgan fingerprint density at radius 3 is 2.52 bits per heavy atom. The third-order valence-corrected chi connectivity index (χ3v) is 5.34. The van der Waals surface area contributed by atoms with Gasteiger partial charge in [0.15, 0.2) is 5.13 Å². The van der Waals surface area contributed by atoms with Crippen molar-refractivity contribution in [1.82, 2.24) is 9.88 Å². The summed E-state index contributed by atoms with van der Waals surface area (Å²) in [7, 11) is 3.85. The Balaban J connectivity index is 1.98. The van der Waals surface area contributed by atoms with Gasteiger partial charge in [-0.05, 0) is 64.3 Å². The molecule has 0 aliphatic heterocycles. The quantitative estimate of drug-likeness (QED) is 0.537. The molecule has 0 bridgehead atoms. The van der Waals surface area contributed by atoms with Crippen LogP contribution in [0.25, 0.3) is 10.2 Å². The molecule has 0 aliphatic carbocycles. The van der Waals surface area contributed by atoms with Gasteiger partial charge in [-0.15, -0.1) is 0 Å². The van der Waals surface area contributed by atoms with E-state index in [2.05, 4.69) is 4.98 Å². The van der Waals surface area contributed by atoms with Crippen LogP contribution in [0.2, 0.25) is 0 Å². The highest BCUT2D eigenvalue weighted by Gasteiger charge is 2.26. The Morgan fingerprint density at radius 1 is 1.14 bits per heavy atom. The van der Waals surface area contributed by atoms with E-state index in [-0.39, 0.29) is 0 Å². The fourth-order valence-electron chi connectivity index (χ4n) is 2.93.